The Morgan fingerprint density at radius 2 is 1.59 bits per heavy atom. The van der Waals surface area contributed by atoms with E-state index in [1.54, 1.807) is 13.2 Å². The molecule has 0 spiro atoms. The second-order valence-electron chi connectivity index (χ2n) is 8.32. The van der Waals surface area contributed by atoms with Crippen molar-refractivity contribution in [3.05, 3.63) is 47.0 Å². The Hall–Kier alpha value is -1.63. The maximum Gasteiger partial charge on any atom is 0.148 e. The van der Waals surface area contributed by atoms with Crippen molar-refractivity contribution in [2.45, 2.75) is 78.1 Å². The molecule has 0 aromatic heterocycles. The van der Waals surface area contributed by atoms with Crippen LogP contribution >= 0.6 is 22.6 Å². The first-order valence-corrected chi connectivity index (χ1v) is 14.1. The quantitative estimate of drug-likeness (QED) is 0.109. The van der Waals surface area contributed by atoms with Gasteiger partial charge >= 0.3 is 0 Å². The molecule has 0 saturated heterocycles. The zero-order valence-electron chi connectivity index (χ0n) is 20.6. The Labute approximate surface area is 209 Å². The zero-order valence-corrected chi connectivity index (χ0v) is 22.7. The highest BCUT2D eigenvalue weighted by molar-refractivity contribution is 14.1. The van der Waals surface area contributed by atoms with Crippen LogP contribution in [-0.2, 0) is 12.8 Å². The molecule has 32 heavy (non-hydrogen) atoms. The third-order valence-electron chi connectivity index (χ3n) is 6.23. The number of unbranched alkanes of at least 4 members (excludes halogenated alkanes) is 1. The van der Waals surface area contributed by atoms with Crippen LogP contribution in [0.25, 0.3) is 0 Å². The number of methoxy groups -OCH3 is 1. The van der Waals surface area contributed by atoms with Gasteiger partial charge < -0.3 is 21.3 Å². The summed E-state index contributed by atoms with van der Waals surface area (Å²) in [6.45, 7) is 6.35. The van der Waals surface area contributed by atoms with Gasteiger partial charge in [0.05, 0.1) is 7.11 Å². The van der Waals surface area contributed by atoms with Gasteiger partial charge in [-0.05, 0) is 84.1 Å². The molecule has 1 saturated carbocycles. The molecule has 5 N–H and O–H groups in total. The third kappa shape index (κ3) is 8.05. The van der Waals surface area contributed by atoms with Crippen LogP contribution in [0.2, 0.25) is 0 Å². The van der Waals surface area contributed by atoms with E-state index < -0.39 is 0 Å². The lowest BCUT2D eigenvalue weighted by molar-refractivity contribution is 0.348. The van der Waals surface area contributed by atoms with Gasteiger partial charge in [-0.3, -0.25) is 0 Å². The van der Waals surface area contributed by atoms with Gasteiger partial charge in [0.25, 0.3) is 0 Å². The van der Waals surface area contributed by atoms with Gasteiger partial charge in [0.1, 0.15) is 17.2 Å². The van der Waals surface area contributed by atoms with Crippen molar-refractivity contribution in [1.82, 2.24) is 0 Å². The normalized spacial score (nSPS) is 17.4. The van der Waals surface area contributed by atoms with Crippen LogP contribution < -0.4 is 16.2 Å². The van der Waals surface area contributed by atoms with Gasteiger partial charge in [-0.25, -0.2) is 0 Å². The molecule has 4 nitrogen and oxygen atoms in total. The number of hydrogen-bond acceptors (Lipinski definition) is 4. The predicted molar refractivity (Wildman–Crippen MR) is 148 cm³/mol. The smallest absolute Gasteiger partial charge is 0.148 e. The van der Waals surface area contributed by atoms with Crippen molar-refractivity contribution in [2.75, 3.05) is 23.5 Å². The largest absolute Gasteiger partial charge is 0.506 e. The Morgan fingerprint density at radius 1 is 0.969 bits per heavy atom. The fourth-order valence-electron chi connectivity index (χ4n) is 4.44. The van der Waals surface area contributed by atoms with E-state index in [4.69, 9.17) is 16.2 Å². The standard InChI is InChI=1S/C24H34N2O2.C2H6.CH3I/c1-16-7-10-18(11-8-16)20-13-9-17(15-21(20)25)5-3-4-6-19-12-14-22(27)23(26)24(19)28-2;2*1-2/h9,12-16,18,27H,3-8,10-11,25-26H2,1-2H3;1-2H3;1H3. The minimum Gasteiger partial charge on any atom is -0.506 e. The number of rotatable bonds is 7. The molecule has 5 heteroatoms. The van der Waals surface area contributed by atoms with Crippen LogP contribution in [0.5, 0.6) is 11.5 Å². The van der Waals surface area contributed by atoms with E-state index >= 15 is 0 Å². The first-order chi connectivity index (χ1) is 15.5. The van der Waals surface area contributed by atoms with Crippen LogP contribution in [-0.4, -0.2) is 17.1 Å². The lowest BCUT2D eigenvalue weighted by Gasteiger charge is -2.27. The van der Waals surface area contributed by atoms with Gasteiger partial charge in [0.15, 0.2) is 0 Å². The summed E-state index contributed by atoms with van der Waals surface area (Å²) in [6, 6.07) is 10.2. The lowest BCUT2D eigenvalue weighted by atomic mass is 9.79. The van der Waals surface area contributed by atoms with E-state index in [1.165, 1.54) is 36.8 Å². The van der Waals surface area contributed by atoms with Crippen LogP contribution in [0.3, 0.4) is 0 Å². The molecule has 0 unspecified atom stereocenters. The fourth-order valence-corrected chi connectivity index (χ4v) is 4.44. The lowest BCUT2D eigenvalue weighted by Crippen LogP contribution is -2.12. The Balaban J connectivity index is 0.00000121. The van der Waals surface area contributed by atoms with Crippen molar-refractivity contribution in [3.8, 4) is 11.5 Å². The second-order valence-corrected chi connectivity index (χ2v) is 8.32. The summed E-state index contributed by atoms with van der Waals surface area (Å²) in [5.74, 6) is 2.16. The van der Waals surface area contributed by atoms with Crippen LogP contribution in [0.15, 0.2) is 30.3 Å². The van der Waals surface area contributed by atoms with Gasteiger partial charge in [0, 0.05) is 5.69 Å². The summed E-state index contributed by atoms with van der Waals surface area (Å²) in [7, 11) is 1.59. The highest BCUT2D eigenvalue weighted by atomic mass is 127. The van der Waals surface area contributed by atoms with Crippen molar-refractivity contribution in [2.24, 2.45) is 5.92 Å². The van der Waals surface area contributed by atoms with E-state index in [1.807, 2.05) is 24.8 Å². The summed E-state index contributed by atoms with van der Waals surface area (Å²) in [4.78, 5) is 1.97. The summed E-state index contributed by atoms with van der Waals surface area (Å²) in [6.07, 6.45) is 9.16. The first-order valence-electron chi connectivity index (χ1n) is 11.9. The SMILES string of the molecule is CC.CI.COc1c(CCCCc2ccc(C3CCC(C)CC3)c(N)c2)ccc(O)c1N. The summed E-state index contributed by atoms with van der Waals surface area (Å²) in [5, 5.41) is 9.71. The fraction of sp³-hybridized carbons (Fsp3) is 0.556. The number of nitrogen functional groups attached to an aromatic ring is 2. The minimum atomic E-state index is 0.0728. The number of hydrogen-bond donors (Lipinski definition) is 3. The number of phenolic OH excluding ortho intramolecular Hbond substituents is 1. The molecule has 0 amide bonds. The van der Waals surface area contributed by atoms with Crippen LogP contribution in [0.1, 0.15) is 81.9 Å². The molecule has 2 aromatic carbocycles. The van der Waals surface area contributed by atoms with Crippen molar-refractivity contribution >= 4 is 34.0 Å². The number of aryl methyl sites for hydroxylation is 2. The second kappa shape index (κ2) is 15.3. The topological polar surface area (TPSA) is 81.5 Å². The first kappa shape index (κ1) is 28.4. The minimum absolute atomic E-state index is 0.0728. The average molecular weight is 555 g/mol. The van der Waals surface area contributed by atoms with Crippen molar-refractivity contribution in [3.63, 3.8) is 0 Å². The summed E-state index contributed by atoms with van der Waals surface area (Å²) in [5.41, 5.74) is 17.3. The molecule has 0 aliphatic heterocycles. The average Bonchev–Trinajstić information content (AvgIpc) is 2.82. The molecule has 0 bridgehead atoms. The highest BCUT2D eigenvalue weighted by Crippen LogP contribution is 2.38. The van der Waals surface area contributed by atoms with Gasteiger partial charge in [-0.2, -0.15) is 0 Å². The molecule has 3 rings (SSSR count). The molecular formula is C27H43IN2O2. The van der Waals surface area contributed by atoms with E-state index in [9.17, 15) is 5.11 Å². The predicted octanol–water partition coefficient (Wildman–Crippen LogP) is 7.50. The molecule has 0 radical (unpaired) electrons. The number of benzene rings is 2. The Bertz CT molecular complexity index is 802. The van der Waals surface area contributed by atoms with E-state index in [0.717, 1.165) is 42.9 Å². The van der Waals surface area contributed by atoms with Gasteiger partial charge in [-0.1, -0.05) is 74.4 Å². The number of aromatic hydroxyl groups is 1. The Kier molecular flexibility index (Phi) is 13.5. The molecule has 2 aromatic rings. The van der Waals surface area contributed by atoms with Crippen LogP contribution in [0.4, 0.5) is 11.4 Å². The Morgan fingerprint density at radius 3 is 2.19 bits per heavy atom. The van der Waals surface area contributed by atoms with Crippen LogP contribution in [0, 0.1) is 5.92 Å². The van der Waals surface area contributed by atoms with E-state index in [2.05, 4.69) is 47.7 Å². The van der Waals surface area contributed by atoms with E-state index in [-0.39, 0.29) is 5.75 Å². The summed E-state index contributed by atoms with van der Waals surface area (Å²) < 4.78 is 5.36. The van der Waals surface area contributed by atoms with Crippen molar-refractivity contribution in [1.29, 1.82) is 0 Å². The maximum atomic E-state index is 9.71. The molecular weight excluding hydrogens is 511 g/mol. The monoisotopic (exact) mass is 554 g/mol. The number of halogens is 1. The molecule has 0 heterocycles. The number of alkyl halides is 1. The molecule has 1 aliphatic carbocycles. The molecule has 1 aliphatic rings. The van der Waals surface area contributed by atoms with Crippen molar-refractivity contribution < 1.29 is 9.84 Å². The number of ether oxygens (including phenoxy) is 1. The molecule has 180 valence electrons. The summed E-state index contributed by atoms with van der Waals surface area (Å²) >= 11 is 2.15. The maximum absolute atomic E-state index is 9.71. The molecule has 1 fully saturated rings. The third-order valence-corrected chi connectivity index (χ3v) is 6.23. The number of nitrogens with two attached hydrogens (primary N) is 2. The number of anilines is 2. The van der Waals surface area contributed by atoms with E-state index in [0.29, 0.717) is 17.4 Å². The number of phenols is 1. The zero-order chi connectivity index (χ0) is 24.1. The van der Waals surface area contributed by atoms with Gasteiger partial charge in [-0.15, -0.1) is 0 Å². The van der Waals surface area contributed by atoms with Gasteiger partial charge in [0.2, 0.25) is 0 Å². The molecule has 0 atom stereocenters. The highest BCUT2D eigenvalue weighted by Gasteiger charge is 2.21.